The first-order chi connectivity index (χ1) is 9.70. The van der Waals surface area contributed by atoms with E-state index in [0.717, 1.165) is 25.7 Å². The van der Waals surface area contributed by atoms with Crippen molar-refractivity contribution in [2.45, 2.75) is 57.6 Å². The first kappa shape index (κ1) is 14.8. The summed E-state index contributed by atoms with van der Waals surface area (Å²) >= 11 is 0. The van der Waals surface area contributed by atoms with E-state index in [4.69, 9.17) is 4.74 Å². The maximum absolute atomic E-state index is 13.6. The Bertz CT molecular complexity index is 444. The zero-order valence-electron chi connectivity index (χ0n) is 11.9. The molecule has 0 bridgehead atoms. The van der Waals surface area contributed by atoms with Crippen molar-refractivity contribution in [3.63, 3.8) is 0 Å². The van der Waals surface area contributed by atoms with E-state index >= 15 is 0 Å². The molecule has 0 radical (unpaired) electrons. The van der Waals surface area contributed by atoms with Crippen LogP contribution in [-0.4, -0.2) is 18.1 Å². The molecule has 1 aromatic rings. The number of hydrogen-bond acceptors (Lipinski definition) is 2. The van der Waals surface area contributed by atoms with Gasteiger partial charge in [-0.15, -0.1) is 0 Å². The molecule has 2 rings (SSSR count). The fourth-order valence-electron chi connectivity index (χ4n) is 2.56. The zero-order chi connectivity index (χ0) is 14.4. The first-order valence-corrected chi connectivity index (χ1v) is 7.42. The van der Waals surface area contributed by atoms with Gasteiger partial charge in [0.1, 0.15) is 0 Å². The van der Waals surface area contributed by atoms with E-state index in [1.165, 1.54) is 12.5 Å². The summed E-state index contributed by atoms with van der Waals surface area (Å²) in [5.41, 5.74) is 0. The summed E-state index contributed by atoms with van der Waals surface area (Å²) in [6.45, 7) is 1.87. The molecule has 0 spiro atoms. The summed E-state index contributed by atoms with van der Waals surface area (Å²) in [7, 11) is 0. The summed E-state index contributed by atoms with van der Waals surface area (Å²) in [5.74, 6) is -0.433. The smallest absolute Gasteiger partial charge is 0.261 e. The van der Waals surface area contributed by atoms with Gasteiger partial charge in [0.15, 0.2) is 17.7 Å². The highest BCUT2D eigenvalue weighted by molar-refractivity contribution is 5.81. The molecule has 1 aliphatic carbocycles. The molecule has 0 unspecified atom stereocenters. The predicted molar refractivity (Wildman–Crippen MR) is 76.1 cm³/mol. The Morgan fingerprint density at radius 2 is 2.05 bits per heavy atom. The van der Waals surface area contributed by atoms with Crippen LogP contribution in [0.4, 0.5) is 4.39 Å². The Balaban J connectivity index is 1.93. The van der Waals surface area contributed by atoms with Gasteiger partial charge in [-0.3, -0.25) is 4.79 Å². The van der Waals surface area contributed by atoms with Gasteiger partial charge in [0.25, 0.3) is 5.91 Å². The summed E-state index contributed by atoms with van der Waals surface area (Å²) in [6.07, 6.45) is 5.52. The van der Waals surface area contributed by atoms with Crippen LogP contribution in [0.15, 0.2) is 24.3 Å². The van der Waals surface area contributed by atoms with Crippen molar-refractivity contribution in [1.29, 1.82) is 0 Å². The largest absolute Gasteiger partial charge is 0.478 e. The molecule has 1 aliphatic rings. The average molecular weight is 279 g/mol. The van der Waals surface area contributed by atoms with Crippen LogP contribution in [0.25, 0.3) is 0 Å². The molecule has 1 atom stereocenters. The zero-order valence-corrected chi connectivity index (χ0v) is 11.9. The minimum atomic E-state index is -0.631. The average Bonchev–Trinajstić information content (AvgIpc) is 2.47. The van der Waals surface area contributed by atoms with Crippen molar-refractivity contribution in [2.75, 3.05) is 0 Å². The Morgan fingerprint density at radius 1 is 1.35 bits per heavy atom. The lowest BCUT2D eigenvalue weighted by Gasteiger charge is -2.25. The number of carbonyl (C=O) groups excluding carboxylic acids is 1. The van der Waals surface area contributed by atoms with E-state index in [9.17, 15) is 9.18 Å². The van der Waals surface area contributed by atoms with Crippen LogP contribution < -0.4 is 10.1 Å². The first-order valence-electron chi connectivity index (χ1n) is 7.42. The molecule has 4 heteroatoms. The highest BCUT2D eigenvalue weighted by Crippen LogP contribution is 2.20. The number of nitrogens with one attached hydrogen (secondary N) is 1. The van der Waals surface area contributed by atoms with Gasteiger partial charge in [0, 0.05) is 6.04 Å². The summed E-state index contributed by atoms with van der Waals surface area (Å²) in [4.78, 5) is 12.2. The van der Waals surface area contributed by atoms with Gasteiger partial charge in [0.2, 0.25) is 0 Å². The third-order valence-corrected chi connectivity index (χ3v) is 3.72. The second kappa shape index (κ2) is 7.27. The molecule has 0 aliphatic heterocycles. The van der Waals surface area contributed by atoms with Gasteiger partial charge >= 0.3 is 0 Å². The number of benzene rings is 1. The van der Waals surface area contributed by atoms with Gasteiger partial charge in [-0.1, -0.05) is 38.3 Å². The topological polar surface area (TPSA) is 38.3 Å². The van der Waals surface area contributed by atoms with Crippen molar-refractivity contribution in [3.05, 3.63) is 30.1 Å². The lowest BCUT2D eigenvalue weighted by molar-refractivity contribution is -0.129. The van der Waals surface area contributed by atoms with Crippen LogP contribution >= 0.6 is 0 Å². The molecule has 20 heavy (non-hydrogen) atoms. The minimum Gasteiger partial charge on any atom is -0.478 e. The van der Waals surface area contributed by atoms with Crippen molar-refractivity contribution in [3.8, 4) is 5.75 Å². The van der Waals surface area contributed by atoms with Gasteiger partial charge in [0.05, 0.1) is 0 Å². The van der Waals surface area contributed by atoms with Crippen molar-refractivity contribution >= 4 is 5.91 Å². The second-order valence-electron chi connectivity index (χ2n) is 5.29. The molecule has 0 saturated heterocycles. The maximum atomic E-state index is 13.6. The van der Waals surface area contributed by atoms with Crippen LogP contribution in [0.1, 0.15) is 45.4 Å². The number of ether oxygens (including phenoxy) is 1. The van der Waals surface area contributed by atoms with Gasteiger partial charge in [-0.2, -0.15) is 0 Å². The van der Waals surface area contributed by atoms with Gasteiger partial charge in [-0.05, 0) is 31.4 Å². The Labute approximate surface area is 119 Å². The standard InChI is InChI=1S/C16H22FNO2/c1-2-14(20-15-11-7-6-10-13(15)17)16(19)18-12-8-4-3-5-9-12/h6-7,10-12,14H,2-5,8-9H2,1H3,(H,18,19)/t14-/m1/s1. The fourth-order valence-corrected chi connectivity index (χ4v) is 2.56. The Kier molecular flexibility index (Phi) is 5.39. The van der Waals surface area contributed by atoms with Crippen LogP contribution in [0.3, 0.4) is 0 Å². The van der Waals surface area contributed by atoms with E-state index in [1.807, 2.05) is 6.92 Å². The lowest BCUT2D eigenvalue weighted by Crippen LogP contribution is -2.44. The molecular weight excluding hydrogens is 257 g/mol. The Hall–Kier alpha value is -1.58. The monoisotopic (exact) mass is 279 g/mol. The summed E-state index contributed by atoms with van der Waals surface area (Å²) < 4.78 is 19.1. The number of carbonyl (C=O) groups is 1. The second-order valence-corrected chi connectivity index (χ2v) is 5.29. The molecule has 1 saturated carbocycles. The van der Waals surface area contributed by atoms with Crippen LogP contribution in [0, 0.1) is 5.82 Å². The van der Waals surface area contributed by atoms with Gasteiger partial charge < -0.3 is 10.1 Å². The highest BCUT2D eigenvalue weighted by Gasteiger charge is 2.23. The van der Waals surface area contributed by atoms with Crippen LogP contribution in [0.2, 0.25) is 0 Å². The van der Waals surface area contributed by atoms with Crippen LogP contribution in [-0.2, 0) is 4.79 Å². The molecular formula is C16H22FNO2. The predicted octanol–water partition coefficient (Wildman–Crippen LogP) is 3.43. The molecule has 0 heterocycles. The number of rotatable bonds is 5. The Morgan fingerprint density at radius 3 is 2.70 bits per heavy atom. The number of para-hydroxylation sites is 1. The SMILES string of the molecule is CC[C@@H](Oc1ccccc1F)C(=O)NC1CCCCC1. The van der Waals surface area contributed by atoms with E-state index in [0.29, 0.717) is 6.42 Å². The van der Waals surface area contributed by atoms with Crippen molar-refractivity contribution in [1.82, 2.24) is 5.32 Å². The third kappa shape index (κ3) is 3.95. The molecule has 0 aromatic heterocycles. The quantitative estimate of drug-likeness (QED) is 0.896. The number of amides is 1. The van der Waals surface area contributed by atoms with Crippen molar-refractivity contribution < 1.29 is 13.9 Å². The van der Waals surface area contributed by atoms with E-state index in [2.05, 4.69) is 5.32 Å². The minimum absolute atomic E-state index is 0.136. The molecule has 1 fully saturated rings. The van der Waals surface area contributed by atoms with E-state index in [-0.39, 0.29) is 17.7 Å². The lowest BCUT2D eigenvalue weighted by atomic mass is 9.95. The normalized spacial score (nSPS) is 17.5. The van der Waals surface area contributed by atoms with E-state index < -0.39 is 11.9 Å². The van der Waals surface area contributed by atoms with Crippen molar-refractivity contribution in [2.24, 2.45) is 0 Å². The molecule has 3 nitrogen and oxygen atoms in total. The molecule has 1 N–H and O–H groups in total. The molecule has 110 valence electrons. The number of hydrogen-bond donors (Lipinski definition) is 1. The van der Waals surface area contributed by atoms with Crippen LogP contribution in [0.5, 0.6) is 5.75 Å². The van der Waals surface area contributed by atoms with E-state index in [1.54, 1.807) is 18.2 Å². The highest BCUT2D eigenvalue weighted by atomic mass is 19.1. The fraction of sp³-hybridized carbons (Fsp3) is 0.562. The maximum Gasteiger partial charge on any atom is 0.261 e. The third-order valence-electron chi connectivity index (χ3n) is 3.72. The summed E-state index contributed by atoms with van der Waals surface area (Å²) in [6, 6.07) is 6.43. The van der Waals surface area contributed by atoms with Gasteiger partial charge in [-0.25, -0.2) is 4.39 Å². The summed E-state index contributed by atoms with van der Waals surface area (Å²) in [5, 5.41) is 3.02. The molecule has 1 aromatic carbocycles. The number of halogens is 1. The molecule has 1 amide bonds.